The lowest BCUT2D eigenvalue weighted by Crippen LogP contribution is -2.16. The molecule has 0 unspecified atom stereocenters. The van der Waals surface area contributed by atoms with Crippen molar-refractivity contribution >= 4 is 34.7 Å². The molecule has 1 aliphatic heterocycles. The number of hydrogen-bond acceptors (Lipinski definition) is 6. The first kappa shape index (κ1) is 18.0. The molecule has 4 aromatic rings. The minimum absolute atomic E-state index is 0.135. The lowest BCUT2D eigenvalue weighted by Gasteiger charge is -2.13. The van der Waals surface area contributed by atoms with Crippen LogP contribution in [0.15, 0.2) is 58.1 Å². The molecule has 1 aliphatic rings. The average molecular weight is 425 g/mol. The summed E-state index contributed by atoms with van der Waals surface area (Å²) in [5.74, 6) is 1.53. The summed E-state index contributed by atoms with van der Waals surface area (Å²) < 4.78 is 6.57. The molecule has 0 atom stereocenters. The number of thiophene rings is 1. The molecule has 3 aromatic heterocycles. The molecule has 2 N–H and O–H groups in total. The largest absolute Gasteiger partial charge is 0.439 e. The molecule has 0 saturated heterocycles. The van der Waals surface area contributed by atoms with Gasteiger partial charge in [0.25, 0.3) is 5.91 Å². The van der Waals surface area contributed by atoms with E-state index in [4.69, 9.17) is 0 Å². The molecule has 146 valence electrons. The summed E-state index contributed by atoms with van der Waals surface area (Å²) in [5.41, 5.74) is 3.16. The third kappa shape index (κ3) is 3.43. The van der Waals surface area contributed by atoms with Gasteiger partial charge < -0.3 is 9.88 Å². The zero-order valence-corrected chi connectivity index (χ0v) is 16.8. The van der Waals surface area contributed by atoms with Gasteiger partial charge in [-0.3, -0.25) is 14.3 Å². The zero-order chi connectivity index (χ0) is 19.8. The number of rotatable bonds is 4. The molecule has 0 bridgehead atoms. The van der Waals surface area contributed by atoms with Gasteiger partial charge in [0.1, 0.15) is 5.00 Å². The number of nitrogens with zero attached hydrogens (tertiary/aromatic N) is 2. The Morgan fingerprint density at radius 3 is 2.90 bits per heavy atom. The predicted molar refractivity (Wildman–Crippen MR) is 114 cm³/mol. The highest BCUT2D eigenvalue weighted by Gasteiger charge is 2.26. The highest BCUT2D eigenvalue weighted by atomic mass is 32.2. The summed E-state index contributed by atoms with van der Waals surface area (Å²) in [5, 5.41) is 7.65. The smallest absolute Gasteiger partial charge is 0.322 e. The minimum atomic E-state index is -0.617. The van der Waals surface area contributed by atoms with Gasteiger partial charge in [-0.15, -0.1) is 11.3 Å². The maximum Gasteiger partial charge on any atom is 0.439 e. The Morgan fingerprint density at radius 1 is 1.24 bits per heavy atom. The van der Waals surface area contributed by atoms with Crippen LogP contribution in [0.5, 0.6) is 0 Å². The van der Waals surface area contributed by atoms with E-state index in [-0.39, 0.29) is 5.91 Å². The van der Waals surface area contributed by atoms with Gasteiger partial charge in [0.15, 0.2) is 5.82 Å². The van der Waals surface area contributed by atoms with E-state index in [0.717, 1.165) is 34.1 Å². The number of carbonyl (C=O) groups is 1. The van der Waals surface area contributed by atoms with E-state index in [9.17, 15) is 9.59 Å². The lowest BCUT2D eigenvalue weighted by molar-refractivity contribution is 0.102. The summed E-state index contributed by atoms with van der Waals surface area (Å²) in [6.07, 6.45) is 4.81. The molecule has 0 saturated carbocycles. The Bertz CT molecular complexity index is 1240. The molecule has 1 amide bonds. The first-order chi connectivity index (χ1) is 14.2. The van der Waals surface area contributed by atoms with Gasteiger partial charge in [0, 0.05) is 34.3 Å². The van der Waals surface area contributed by atoms with Crippen molar-refractivity contribution in [3.8, 4) is 16.4 Å². The molecule has 4 heterocycles. The van der Waals surface area contributed by atoms with Crippen LogP contribution in [-0.2, 0) is 12.2 Å². The molecule has 7 nitrogen and oxygen atoms in total. The van der Waals surface area contributed by atoms with Crippen molar-refractivity contribution in [3.63, 3.8) is 0 Å². The van der Waals surface area contributed by atoms with Gasteiger partial charge in [-0.25, -0.2) is 4.79 Å². The van der Waals surface area contributed by atoms with E-state index in [1.54, 1.807) is 29.5 Å². The number of carbonyl (C=O) groups excluding carboxylic acids is 1. The third-order valence-electron chi connectivity index (χ3n) is 4.70. The van der Waals surface area contributed by atoms with E-state index in [1.165, 1.54) is 4.88 Å². The van der Waals surface area contributed by atoms with Crippen LogP contribution < -0.4 is 11.1 Å². The molecule has 0 fully saturated rings. The first-order valence-corrected chi connectivity index (χ1v) is 11.0. The second-order valence-corrected chi connectivity index (χ2v) is 8.74. The van der Waals surface area contributed by atoms with Gasteiger partial charge in [-0.1, -0.05) is 17.3 Å². The van der Waals surface area contributed by atoms with Crippen LogP contribution in [0.1, 0.15) is 20.8 Å². The SMILES string of the molecule is O=C(Nc1cccc(-c2noc(=O)[nH]2)c1)c1c(-n2cccc2)sc2c1CCSC2. The molecule has 9 heteroatoms. The van der Waals surface area contributed by atoms with Crippen LogP contribution in [-0.4, -0.2) is 26.4 Å². The monoisotopic (exact) mass is 424 g/mol. The molecular weight excluding hydrogens is 408 g/mol. The van der Waals surface area contributed by atoms with Crippen LogP contribution >= 0.6 is 23.1 Å². The zero-order valence-electron chi connectivity index (χ0n) is 15.2. The van der Waals surface area contributed by atoms with E-state index < -0.39 is 5.76 Å². The Labute approximate surface area is 173 Å². The summed E-state index contributed by atoms with van der Waals surface area (Å²) in [6.45, 7) is 0. The number of anilines is 1. The molecule has 0 radical (unpaired) electrons. The van der Waals surface area contributed by atoms with Gasteiger partial charge in [-0.2, -0.15) is 11.8 Å². The number of hydrogen-bond donors (Lipinski definition) is 2. The molecule has 29 heavy (non-hydrogen) atoms. The van der Waals surface area contributed by atoms with E-state index in [1.807, 2.05) is 46.9 Å². The molecule has 5 rings (SSSR count). The van der Waals surface area contributed by atoms with Gasteiger partial charge in [0.05, 0.1) is 5.56 Å². The second-order valence-electron chi connectivity index (χ2n) is 6.56. The molecule has 0 spiro atoms. The number of fused-ring (bicyclic) bond motifs is 1. The van der Waals surface area contributed by atoms with Crippen LogP contribution in [0.3, 0.4) is 0 Å². The van der Waals surface area contributed by atoms with Gasteiger partial charge in [0.2, 0.25) is 0 Å². The normalized spacial score (nSPS) is 13.2. The number of benzene rings is 1. The van der Waals surface area contributed by atoms with Crippen LogP contribution in [0.2, 0.25) is 0 Å². The summed E-state index contributed by atoms with van der Waals surface area (Å²) in [7, 11) is 0. The van der Waals surface area contributed by atoms with Crippen molar-refractivity contribution in [3.05, 3.63) is 75.3 Å². The number of aromatic nitrogens is 3. The standard InChI is InChI=1S/C20H16N4O3S2/c25-18(21-13-5-3-4-12(10-13)17-22-20(26)27-23-17)16-14-6-9-28-11-15(14)29-19(16)24-7-1-2-8-24/h1-5,7-8,10H,6,9,11H2,(H,21,25)(H,22,23,26). The van der Waals surface area contributed by atoms with E-state index in [2.05, 4.69) is 20.0 Å². The molecule has 0 aliphatic carbocycles. The number of aromatic amines is 1. The third-order valence-corrected chi connectivity index (χ3v) is 7.12. The maximum absolute atomic E-state index is 13.3. The summed E-state index contributed by atoms with van der Waals surface area (Å²) in [4.78, 5) is 28.3. The number of nitrogens with one attached hydrogen (secondary N) is 2. The fourth-order valence-corrected chi connectivity index (χ4v) is 5.84. The van der Waals surface area contributed by atoms with E-state index >= 15 is 0 Å². The van der Waals surface area contributed by atoms with Crippen LogP contribution in [0, 0.1) is 0 Å². The Hall–Kier alpha value is -3.04. The highest BCUT2D eigenvalue weighted by molar-refractivity contribution is 7.98. The van der Waals surface area contributed by atoms with Crippen molar-refractivity contribution in [2.45, 2.75) is 12.2 Å². The van der Waals surface area contributed by atoms with Crippen LogP contribution in [0.25, 0.3) is 16.4 Å². The van der Waals surface area contributed by atoms with Crippen molar-refractivity contribution in [1.29, 1.82) is 0 Å². The van der Waals surface area contributed by atoms with E-state index in [0.29, 0.717) is 17.1 Å². The van der Waals surface area contributed by atoms with Crippen molar-refractivity contribution in [1.82, 2.24) is 14.7 Å². The number of H-pyrrole nitrogens is 1. The first-order valence-electron chi connectivity index (χ1n) is 9.02. The van der Waals surface area contributed by atoms with Crippen molar-refractivity contribution < 1.29 is 9.32 Å². The predicted octanol–water partition coefficient (Wildman–Crippen LogP) is 3.92. The molecular formula is C20H16N4O3S2. The topological polar surface area (TPSA) is 92.9 Å². The lowest BCUT2D eigenvalue weighted by atomic mass is 10.1. The Morgan fingerprint density at radius 2 is 2.10 bits per heavy atom. The number of thioether (sulfide) groups is 1. The highest BCUT2D eigenvalue weighted by Crippen LogP contribution is 2.38. The van der Waals surface area contributed by atoms with Gasteiger partial charge in [-0.05, 0) is 42.0 Å². The minimum Gasteiger partial charge on any atom is -0.322 e. The Kier molecular flexibility index (Phi) is 4.61. The summed E-state index contributed by atoms with van der Waals surface area (Å²) >= 11 is 3.58. The quantitative estimate of drug-likeness (QED) is 0.518. The van der Waals surface area contributed by atoms with Crippen molar-refractivity contribution in [2.24, 2.45) is 0 Å². The van der Waals surface area contributed by atoms with Crippen LogP contribution in [0.4, 0.5) is 5.69 Å². The average Bonchev–Trinajstić information content (AvgIpc) is 3.47. The fraction of sp³-hybridized carbons (Fsp3) is 0.150. The fourth-order valence-electron chi connectivity index (χ4n) is 3.40. The summed E-state index contributed by atoms with van der Waals surface area (Å²) in [6, 6.07) is 11.1. The maximum atomic E-state index is 13.3. The number of amides is 1. The van der Waals surface area contributed by atoms with Gasteiger partial charge >= 0.3 is 5.76 Å². The van der Waals surface area contributed by atoms with Crippen molar-refractivity contribution in [2.75, 3.05) is 11.1 Å². The Balaban J connectivity index is 1.50. The molecule has 1 aromatic carbocycles. The second kappa shape index (κ2) is 7.41.